The summed E-state index contributed by atoms with van der Waals surface area (Å²) < 4.78 is 7.14. The van der Waals surface area contributed by atoms with Gasteiger partial charge in [-0.2, -0.15) is 10.2 Å². The SMILES string of the molecule is CCOc1ccccc1/C=N\NC(=O)Cn1nc(C)cc1C. The quantitative estimate of drug-likeness (QED) is 0.656. The maximum atomic E-state index is 11.9. The normalized spacial score (nSPS) is 10.9. The van der Waals surface area contributed by atoms with Crippen molar-refractivity contribution in [1.29, 1.82) is 0 Å². The number of hydrogen-bond donors (Lipinski definition) is 1. The number of nitrogens with one attached hydrogen (secondary N) is 1. The van der Waals surface area contributed by atoms with Crippen LogP contribution < -0.4 is 10.2 Å². The van der Waals surface area contributed by atoms with Gasteiger partial charge in [-0.05, 0) is 39.0 Å². The number of amides is 1. The molecule has 0 atom stereocenters. The first-order chi connectivity index (χ1) is 10.6. The summed E-state index contributed by atoms with van der Waals surface area (Å²) in [7, 11) is 0. The van der Waals surface area contributed by atoms with Gasteiger partial charge in [-0.25, -0.2) is 5.43 Å². The molecule has 6 nitrogen and oxygen atoms in total. The zero-order chi connectivity index (χ0) is 15.9. The summed E-state index contributed by atoms with van der Waals surface area (Å²) in [6, 6.07) is 9.45. The summed E-state index contributed by atoms with van der Waals surface area (Å²) in [5.41, 5.74) is 5.15. The van der Waals surface area contributed by atoms with Gasteiger partial charge in [0.15, 0.2) is 0 Å². The van der Waals surface area contributed by atoms with Crippen LogP contribution >= 0.6 is 0 Å². The fourth-order valence-corrected chi connectivity index (χ4v) is 2.05. The Kier molecular flexibility index (Phi) is 5.30. The van der Waals surface area contributed by atoms with Gasteiger partial charge in [0.05, 0.1) is 18.5 Å². The second-order valence-electron chi connectivity index (χ2n) is 4.85. The molecule has 6 heteroatoms. The molecule has 0 aliphatic carbocycles. The van der Waals surface area contributed by atoms with Crippen molar-refractivity contribution in [2.75, 3.05) is 6.61 Å². The van der Waals surface area contributed by atoms with Crippen LogP contribution in [0.1, 0.15) is 23.9 Å². The number of rotatable bonds is 6. The second-order valence-corrected chi connectivity index (χ2v) is 4.85. The van der Waals surface area contributed by atoms with E-state index in [0.29, 0.717) is 6.61 Å². The Balaban J connectivity index is 1.95. The van der Waals surface area contributed by atoms with E-state index in [0.717, 1.165) is 22.7 Å². The van der Waals surface area contributed by atoms with Gasteiger partial charge in [0.2, 0.25) is 0 Å². The lowest BCUT2D eigenvalue weighted by atomic mass is 10.2. The minimum absolute atomic E-state index is 0.143. The van der Waals surface area contributed by atoms with E-state index in [1.165, 1.54) is 0 Å². The number of carbonyl (C=O) groups is 1. The van der Waals surface area contributed by atoms with Gasteiger partial charge in [-0.1, -0.05) is 12.1 Å². The van der Waals surface area contributed by atoms with Gasteiger partial charge in [0.1, 0.15) is 12.3 Å². The van der Waals surface area contributed by atoms with E-state index >= 15 is 0 Å². The molecule has 1 heterocycles. The summed E-state index contributed by atoms with van der Waals surface area (Å²) >= 11 is 0. The number of nitrogens with zero attached hydrogens (tertiary/aromatic N) is 3. The molecule has 2 rings (SSSR count). The van der Waals surface area contributed by atoms with Crippen LogP contribution in [0.2, 0.25) is 0 Å². The van der Waals surface area contributed by atoms with Crippen molar-refractivity contribution in [3.8, 4) is 5.75 Å². The number of para-hydroxylation sites is 1. The number of benzene rings is 1. The molecule has 0 radical (unpaired) electrons. The lowest BCUT2D eigenvalue weighted by molar-refractivity contribution is -0.121. The van der Waals surface area contributed by atoms with E-state index < -0.39 is 0 Å². The fraction of sp³-hybridized carbons (Fsp3) is 0.312. The topological polar surface area (TPSA) is 68.5 Å². The smallest absolute Gasteiger partial charge is 0.261 e. The predicted octanol–water partition coefficient (Wildman–Crippen LogP) is 2.05. The highest BCUT2D eigenvalue weighted by molar-refractivity contribution is 5.85. The molecule has 0 saturated heterocycles. The molecule has 0 bridgehead atoms. The van der Waals surface area contributed by atoms with Crippen molar-refractivity contribution in [1.82, 2.24) is 15.2 Å². The van der Waals surface area contributed by atoms with E-state index in [1.54, 1.807) is 10.9 Å². The van der Waals surface area contributed by atoms with Gasteiger partial charge >= 0.3 is 0 Å². The molecule has 22 heavy (non-hydrogen) atoms. The average Bonchev–Trinajstić information content (AvgIpc) is 2.79. The molecular formula is C16H20N4O2. The molecule has 0 saturated carbocycles. The molecule has 116 valence electrons. The maximum Gasteiger partial charge on any atom is 0.261 e. The molecule has 1 aromatic heterocycles. The molecule has 1 amide bonds. The summed E-state index contributed by atoms with van der Waals surface area (Å²) in [5.74, 6) is 0.512. The number of aryl methyl sites for hydroxylation is 2. The van der Waals surface area contributed by atoms with Crippen LogP contribution in [0.25, 0.3) is 0 Å². The highest BCUT2D eigenvalue weighted by Gasteiger charge is 2.06. The Hall–Kier alpha value is -2.63. The maximum absolute atomic E-state index is 11.9. The molecule has 0 fully saturated rings. The van der Waals surface area contributed by atoms with E-state index in [2.05, 4.69) is 15.6 Å². The van der Waals surface area contributed by atoms with Crippen LogP contribution in [-0.2, 0) is 11.3 Å². The number of ether oxygens (including phenoxy) is 1. The molecule has 0 unspecified atom stereocenters. The van der Waals surface area contributed by atoms with Crippen LogP contribution in [-0.4, -0.2) is 28.5 Å². The Morgan fingerprint density at radius 3 is 2.86 bits per heavy atom. The van der Waals surface area contributed by atoms with E-state index in [-0.39, 0.29) is 12.5 Å². The number of aromatic nitrogens is 2. The van der Waals surface area contributed by atoms with Gasteiger partial charge in [-0.3, -0.25) is 9.48 Å². The fourth-order valence-electron chi connectivity index (χ4n) is 2.05. The lowest BCUT2D eigenvalue weighted by Crippen LogP contribution is -2.24. The largest absolute Gasteiger partial charge is 0.493 e. The second kappa shape index (κ2) is 7.40. The summed E-state index contributed by atoms with van der Waals surface area (Å²) in [4.78, 5) is 11.9. The van der Waals surface area contributed by atoms with Crippen molar-refractivity contribution >= 4 is 12.1 Å². The van der Waals surface area contributed by atoms with Gasteiger partial charge in [0.25, 0.3) is 5.91 Å². The van der Waals surface area contributed by atoms with E-state index in [4.69, 9.17) is 4.74 Å². The Morgan fingerprint density at radius 2 is 2.18 bits per heavy atom. The minimum atomic E-state index is -0.226. The molecular weight excluding hydrogens is 280 g/mol. The minimum Gasteiger partial charge on any atom is -0.493 e. The third-order valence-electron chi connectivity index (χ3n) is 3.01. The van der Waals surface area contributed by atoms with E-state index in [1.807, 2.05) is 51.1 Å². The lowest BCUT2D eigenvalue weighted by Gasteiger charge is -2.06. The van der Waals surface area contributed by atoms with Crippen molar-refractivity contribution in [3.63, 3.8) is 0 Å². The highest BCUT2D eigenvalue weighted by Crippen LogP contribution is 2.15. The monoisotopic (exact) mass is 300 g/mol. The molecule has 1 N–H and O–H groups in total. The molecule has 0 aliphatic heterocycles. The Labute approximate surface area is 129 Å². The molecule has 1 aromatic carbocycles. The number of hydrazone groups is 1. The van der Waals surface area contributed by atoms with Gasteiger partial charge in [0, 0.05) is 11.3 Å². The predicted molar refractivity (Wildman–Crippen MR) is 85.0 cm³/mol. The van der Waals surface area contributed by atoms with E-state index in [9.17, 15) is 4.79 Å². The molecule has 0 spiro atoms. The van der Waals surface area contributed by atoms with Crippen molar-refractivity contribution in [2.24, 2.45) is 5.10 Å². The molecule has 2 aromatic rings. The Bertz CT molecular complexity index is 677. The zero-order valence-corrected chi connectivity index (χ0v) is 13.0. The zero-order valence-electron chi connectivity index (χ0n) is 13.0. The summed E-state index contributed by atoms with van der Waals surface area (Å²) in [6.07, 6.45) is 1.57. The first kappa shape index (κ1) is 15.8. The first-order valence-electron chi connectivity index (χ1n) is 7.15. The average molecular weight is 300 g/mol. The highest BCUT2D eigenvalue weighted by atomic mass is 16.5. The summed E-state index contributed by atoms with van der Waals surface area (Å²) in [6.45, 7) is 6.45. The van der Waals surface area contributed by atoms with Crippen LogP contribution in [0.15, 0.2) is 35.4 Å². The number of hydrogen-bond acceptors (Lipinski definition) is 4. The van der Waals surface area contributed by atoms with Crippen molar-refractivity contribution in [3.05, 3.63) is 47.3 Å². The number of carbonyl (C=O) groups excluding carboxylic acids is 1. The van der Waals surface area contributed by atoms with Gasteiger partial charge in [-0.15, -0.1) is 0 Å². The van der Waals surface area contributed by atoms with Gasteiger partial charge < -0.3 is 4.74 Å². The standard InChI is InChI=1S/C16H20N4O2/c1-4-22-15-8-6-5-7-14(15)10-17-18-16(21)11-20-13(3)9-12(2)19-20/h5-10H,4,11H2,1-3H3,(H,18,21)/b17-10-. The Morgan fingerprint density at radius 1 is 1.41 bits per heavy atom. The van der Waals surface area contributed by atoms with Crippen LogP contribution in [0.4, 0.5) is 0 Å². The van der Waals surface area contributed by atoms with Crippen molar-refractivity contribution in [2.45, 2.75) is 27.3 Å². The van der Waals surface area contributed by atoms with Crippen LogP contribution in [0, 0.1) is 13.8 Å². The molecule has 0 aliphatic rings. The van der Waals surface area contributed by atoms with Crippen molar-refractivity contribution < 1.29 is 9.53 Å². The first-order valence-corrected chi connectivity index (χ1v) is 7.15. The third kappa shape index (κ3) is 4.18. The third-order valence-corrected chi connectivity index (χ3v) is 3.01. The van der Waals surface area contributed by atoms with Crippen LogP contribution in [0.3, 0.4) is 0 Å². The summed E-state index contributed by atoms with van der Waals surface area (Å²) in [5, 5.41) is 8.21. The van der Waals surface area contributed by atoms with Crippen LogP contribution in [0.5, 0.6) is 5.75 Å².